The van der Waals surface area contributed by atoms with Crippen molar-refractivity contribution < 1.29 is 4.79 Å². The maximum atomic E-state index is 12.7. The minimum absolute atomic E-state index is 0.0180. The molecule has 0 aliphatic rings. The molecule has 0 radical (unpaired) electrons. The molecule has 0 atom stereocenters. The van der Waals surface area contributed by atoms with Gasteiger partial charge in [0.1, 0.15) is 5.56 Å². The molecule has 1 amide bonds. The van der Waals surface area contributed by atoms with E-state index in [1.165, 1.54) is 11.6 Å². The number of halogens is 3. The Morgan fingerprint density at radius 1 is 1.00 bits per heavy atom. The fourth-order valence-electron chi connectivity index (χ4n) is 3.29. The molecule has 0 bridgehead atoms. The standard InChI is InChI=1S/C21H15Cl3N4O2/c1-25-20(29)15-10-14-18(11-3-5-12(22)6-4-11)28(26-19(14)27(2)21(15)30)17-8-7-13(23)9-16(17)24/h3-10H,1-2H3,(H,25,29). The molecule has 0 aliphatic carbocycles. The van der Waals surface area contributed by atoms with Crippen molar-refractivity contribution in [2.75, 3.05) is 7.05 Å². The number of nitrogens with zero attached hydrogens (tertiary/aromatic N) is 3. The lowest BCUT2D eigenvalue weighted by Gasteiger charge is -2.10. The first-order chi connectivity index (χ1) is 14.3. The maximum absolute atomic E-state index is 12.7. The number of rotatable bonds is 3. The first-order valence-electron chi connectivity index (χ1n) is 8.88. The van der Waals surface area contributed by atoms with E-state index < -0.39 is 11.5 Å². The molecule has 4 rings (SSSR count). The zero-order chi connectivity index (χ0) is 21.6. The normalized spacial score (nSPS) is 11.1. The van der Waals surface area contributed by atoms with Crippen LogP contribution in [-0.2, 0) is 7.05 Å². The third kappa shape index (κ3) is 3.37. The van der Waals surface area contributed by atoms with Crippen molar-refractivity contribution in [1.82, 2.24) is 19.7 Å². The number of fused-ring (bicyclic) bond motifs is 1. The number of carbonyl (C=O) groups is 1. The van der Waals surface area contributed by atoms with E-state index in [-0.39, 0.29) is 5.56 Å². The molecule has 0 spiro atoms. The Labute approximate surface area is 186 Å². The summed E-state index contributed by atoms with van der Waals surface area (Å²) in [6.07, 6.45) is 0. The van der Waals surface area contributed by atoms with Gasteiger partial charge >= 0.3 is 0 Å². The molecule has 0 aliphatic heterocycles. The molecule has 0 saturated heterocycles. The van der Waals surface area contributed by atoms with Crippen LogP contribution in [0.1, 0.15) is 10.4 Å². The second-order valence-electron chi connectivity index (χ2n) is 6.60. The molecule has 0 saturated carbocycles. The Bertz CT molecular complexity index is 1360. The number of benzene rings is 2. The van der Waals surface area contributed by atoms with Crippen LogP contribution in [0.3, 0.4) is 0 Å². The number of nitrogens with one attached hydrogen (secondary N) is 1. The first-order valence-corrected chi connectivity index (χ1v) is 10.0. The van der Waals surface area contributed by atoms with Crippen LogP contribution in [0.15, 0.2) is 53.3 Å². The molecule has 4 aromatic rings. The van der Waals surface area contributed by atoms with Crippen molar-refractivity contribution in [2.45, 2.75) is 0 Å². The van der Waals surface area contributed by atoms with Gasteiger partial charge in [0.15, 0.2) is 5.65 Å². The summed E-state index contributed by atoms with van der Waals surface area (Å²) in [5.41, 5.74) is 2.00. The summed E-state index contributed by atoms with van der Waals surface area (Å²) in [5, 5.41) is 9.22. The van der Waals surface area contributed by atoms with Gasteiger partial charge in [-0.1, -0.05) is 46.9 Å². The van der Waals surface area contributed by atoms with E-state index in [2.05, 4.69) is 10.4 Å². The zero-order valence-electron chi connectivity index (χ0n) is 15.9. The molecule has 2 aromatic carbocycles. The molecule has 2 aromatic heterocycles. The summed E-state index contributed by atoms with van der Waals surface area (Å²) in [6.45, 7) is 0. The van der Waals surface area contributed by atoms with Gasteiger partial charge in [0.05, 0.1) is 16.4 Å². The number of amides is 1. The lowest BCUT2D eigenvalue weighted by atomic mass is 10.1. The molecular weight excluding hydrogens is 447 g/mol. The number of pyridine rings is 1. The first kappa shape index (κ1) is 20.5. The SMILES string of the molecule is CNC(=O)c1cc2c(-c3ccc(Cl)cc3)n(-c3ccc(Cl)cc3Cl)nc2n(C)c1=O. The van der Waals surface area contributed by atoms with E-state index in [0.29, 0.717) is 37.5 Å². The Hall–Kier alpha value is -2.80. The molecule has 0 unspecified atom stereocenters. The molecule has 152 valence electrons. The van der Waals surface area contributed by atoms with Crippen LogP contribution in [0.4, 0.5) is 0 Å². The minimum Gasteiger partial charge on any atom is -0.355 e. The smallest absolute Gasteiger partial charge is 0.264 e. The van der Waals surface area contributed by atoms with Gasteiger partial charge in [-0.25, -0.2) is 4.68 Å². The summed E-state index contributed by atoms with van der Waals surface area (Å²) in [4.78, 5) is 25.0. The fourth-order valence-corrected chi connectivity index (χ4v) is 3.91. The zero-order valence-corrected chi connectivity index (χ0v) is 18.2. The van der Waals surface area contributed by atoms with Crippen molar-refractivity contribution in [1.29, 1.82) is 0 Å². The largest absolute Gasteiger partial charge is 0.355 e. The summed E-state index contributed by atoms with van der Waals surface area (Å²) in [5.74, 6) is -0.475. The second-order valence-corrected chi connectivity index (χ2v) is 7.88. The molecule has 6 nitrogen and oxygen atoms in total. The van der Waals surface area contributed by atoms with Gasteiger partial charge in [-0.2, -0.15) is 0 Å². The quantitative estimate of drug-likeness (QED) is 0.480. The topological polar surface area (TPSA) is 68.9 Å². The molecular formula is C21H15Cl3N4O2. The predicted octanol–water partition coefficient (Wildman–Crippen LogP) is 4.71. The van der Waals surface area contributed by atoms with E-state index >= 15 is 0 Å². The lowest BCUT2D eigenvalue weighted by molar-refractivity contribution is 0.0961. The monoisotopic (exact) mass is 460 g/mol. The van der Waals surface area contributed by atoms with Gasteiger partial charge in [0.2, 0.25) is 0 Å². The Kier molecular flexibility index (Phi) is 5.32. The van der Waals surface area contributed by atoms with Crippen molar-refractivity contribution >= 4 is 51.7 Å². The van der Waals surface area contributed by atoms with E-state index in [1.54, 1.807) is 48.1 Å². The van der Waals surface area contributed by atoms with Gasteiger partial charge < -0.3 is 5.32 Å². The average Bonchev–Trinajstić information content (AvgIpc) is 3.10. The van der Waals surface area contributed by atoms with Crippen LogP contribution in [-0.4, -0.2) is 27.3 Å². The van der Waals surface area contributed by atoms with Gasteiger partial charge in [0, 0.05) is 35.1 Å². The van der Waals surface area contributed by atoms with E-state index in [4.69, 9.17) is 34.8 Å². The minimum atomic E-state index is -0.475. The summed E-state index contributed by atoms with van der Waals surface area (Å²) in [7, 11) is 3.05. The highest BCUT2D eigenvalue weighted by Crippen LogP contribution is 2.34. The highest BCUT2D eigenvalue weighted by molar-refractivity contribution is 6.35. The highest BCUT2D eigenvalue weighted by Gasteiger charge is 2.22. The number of aromatic nitrogens is 3. The van der Waals surface area contributed by atoms with Crippen molar-refractivity contribution in [3.63, 3.8) is 0 Å². The summed E-state index contributed by atoms with van der Waals surface area (Å²) >= 11 is 18.6. The molecule has 0 fully saturated rings. The van der Waals surface area contributed by atoms with Crippen LogP contribution < -0.4 is 10.9 Å². The molecule has 9 heteroatoms. The fraction of sp³-hybridized carbons (Fsp3) is 0.0952. The third-order valence-corrected chi connectivity index (χ3v) is 5.56. The van der Waals surface area contributed by atoms with Gasteiger partial charge in [-0.15, -0.1) is 5.10 Å². The molecule has 30 heavy (non-hydrogen) atoms. The summed E-state index contributed by atoms with van der Waals surface area (Å²) < 4.78 is 2.99. The average molecular weight is 462 g/mol. The van der Waals surface area contributed by atoms with E-state index in [1.807, 2.05) is 12.1 Å². The van der Waals surface area contributed by atoms with Crippen LogP contribution >= 0.6 is 34.8 Å². The van der Waals surface area contributed by atoms with Gasteiger partial charge in [0.25, 0.3) is 11.5 Å². The molecule has 2 heterocycles. The number of aryl methyl sites for hydroxylation is 1. The Balaban J connectivity index is 2.14. The summed E-state index contributed by atoms with van der Waals surface area (Å²) in [6, 6.07) is 13.8. The third-order valence-electron chi connectivity index (χ3n) is 4.77. The van der Waals surface area contributed by atoms with Gasteiger partial charge in [-0.3, -0.25) is 14.2 Å². The van der Waals surface area contributed by atoms with Crippen LogP contribution in [0.25, 0.3) is 28.0 Å². The number of carbonyl (C=O) groups excluding carboxylic acids is 1. The lowest BCUT2D eigenvalue weighted by Crippen LogP contribution is -2.30. The number of hydrogen-bond acceptors (Lipinski definition) is 3. The van der Waals surface area contributed by atoms with Crippen molar-refractivity contribution in [3.8, 4) is 16.9 Å². The second kappa shape index (κ2) is 7.80. The predicted molar refractivity (Wildman–Crippen MR) is 120 cm³/mol. The molecule has 1 N–H and O–H groups in total. The number of hydrogen-bond donors (Lipinski definition) is 1. The van der Waals surface area contributed by atoms with Crippen molar-refractivity contribution in [2.24, 2.45) is 7.05 Å². The Morgan fingerprint density at radius 2 is 1.67 bits per heavy atom. The maximum Gasteiger partial charge on any atom is 0.264 e. The van der Waals surface area contributed by atoms with E-state index in [0.717, 1.165) is 5.56 Å². The van der Waals surface area contributed by atoms with Crippen molar-refractivity contribution in [3.05, 3.63) is 79.5 Å². The van der Waals surface area contributed by atoms with Crippen LogP contribution in [0.2, 0.25) is 15.1 Å². The van der Waals surface area contributed by atoms with Crippen LogP contribution in [0.5, 0.6) is 0 Å². The highest BCUT2D eigenvalue weighted by atomic mass is 35.5. The van der Waals surface area contributed by atoms with Crippen LogP contribution in [0, 0.1) is 0 Å². The Morgan fingerprint density at radius 3 is 2.30 bits per heavy atom. The van der Waals surface area contributed by atoms with E-state index in [9.17, 15) is 9.59 Å². The van der Waals surface area contributed by atoms with Gasteiger partial charge in [-0.05, 0) is 36.4 Å².